The highest BCUT2D eigenvalue weighted by Crippen LogP contribution is 2.45. The van der Waals surface area contributed by atoms with E-state index in [-0.39, 0.29) is 29.0 Å². The van der Waals surface area contributed by atoms with E-state index in [9.17, 15) is 25.2 Å². The molecule has 0 bridgehead atoms. The maximum Gasteiger partial charge on any atom is 0.320 e. The Morgan fingerprint density at radius 1 is 0.442 bits per heavy atom. The molecule has 52 heavy (non-hydrogen) atoms. The summed E-state index contributed by atoms with van der Waals surface area (Å²) in [7, 11) is 0. The van der Waals surface area contributed by atoms with Crippen LogP contribution in [0.2, 0.25) is 0 Å². The van der Waals surface area contributed by atoms with Gasteiger partial charge >= 0.3 is 5.97 Å². The number of carboxylic acids is 1. The second kappa shape index (κ2) is 14.7. The molecule has 1 saturated heterocycles. The zero-order chi connectivity index (χ0) is 36.2. The lowest BCUT2D eigenvalue weighted by molar-refractivity contribution is -0.139. The number of phenols is 4. The highest BCUT2D eigenvalue weighted by atomic mass is 16.4. The fourth-order valence-corrected chi connectivity index (χ4v) is 6.99. The normalized spacial score (nSPS) is 13.7. The first-order chi connectivity index (χ1) is 25.3. The zero-order valence-corrected chi connectivity index (χ0v) is 28.2. The number of carboxylic acid groups (broad SMARTS) is 1. The van der Waals surface area contributed by atoms with Crippen LogP contribution in [0.4, 0.5) is 0 Å². The maximum absolute atomic E-state index is 10.4. The molecule has 0 unspecified atom stereocenters. The van der Waals surface area contributed by atoms with Crippen LogP contribution in [0, 0.1) is 0 Å². The summed E-state index contributed by atoms with van der Waals surface area (Å²) in [4.78, 5) is 10.1. The molecular weight excluding hydrogens is 650 g/mol. The summed E-state index contributed by atoms with van der Waals surface area (Å²) in [6.45, 7) is 0.858. The first-order valence-corrected chi connectivity index (χ1v) is 17.1. The van der Waals surface area contributed by atoms with Gasteiger partial charge in [-0.1, -0.05) is 121 Å². The number of hydrogen-bond donors (Lipinski definition) is 6. The van der Waals surface area contributed by atoms with E-state index in [0.29, 0.717) is 22.3 Å². The molecule has 0 amide bonds. The van der Waals surface area contributed by atoms with Crippen molar-refractivity contribution >= 4 is 49.1 Å². The first kappa shape index (κ1) is 33.9. The van der Waals surface area contributed by atoms with Crippen molar-refractivity contribution < 1.29 is 30.3 Å². The van der Waals surface area contributed by atoms with Crippen molar-refractivity contribution in [1.29, 1.82) is 0 Å². The summed E-state index contributed by atoms with van der Waals surface area (Å²) in [6, 6.07) is 45.5. The molecule has 1 heterocycles. The average molecular weight is 688 g/mol. The molecule has 1 fully saturated rings. The van der Waals surface area contributed by atoms with E-state index < -0.39 is 5.97 Å². The van der Waals surface area contributed by atoms with Crippen molar-refractivity contribution in [3.63, 3.8) is 0 Å². The standard InChI is InChI=1S/2C20H14O2.C5H9NO2/c2*21-17-11-9-13-5-1-3-7-15(13)19(17)20-16-8-4-2-6-14(16)10-12-18(20)22;7-5(8)4-2-1-3-6-4/h2*1-12,21-22H;4,6H,1-3H2,(H,7,8)/t;;4-/m..0/s1. The minimum atomic E-state index is -0.720. The predicted molar refractivity (Wildman–Crippen MR) is 209 cm³/mol. The van der Waals surface area contributed by atoms with Gasteiger partial charge in [0.15, 0.2) is 0 Å². The van der Waals surface area contributed by atoms with Gasteiger partial charge in [0, 0.05) is 22.3 Å². The molecular formula is C45H37NO6. The van der Waals surface area contributed by atoms with Crippen molar-refractivity contribution in [2.24, 2.45) is 0 Å². The minimum absolute atomic E-state index is 0.172. The minimum Gasteiger partial charge on any atom is -0.507 e. The number of fused-ring (bicyclic) bond motifs is 4. The molecule has 8 aromatic carbocycles. The van der Waals surface area contributed by atoms with E-state index in [4.69, 9.17) is 5.11 Å². The molecule has 6 N–H and O–H groups in total. The molecule has 0 saturated carbocycles. The zero-order valence-electron chi connectivity index (χ0n) is 28.2. The van der Waals surface area contributed by atoms with Crippen LogP contribution < -0.4 is 5.32 Å². The Labute approximate surface area is 300 Å². The highest BCUT2D eigenvalue weighted by Gasteiger charge is 2.20. The van der Waals surface area contributed by atoms with E-state index >= 15 is 0 Å². The van der Waals surface area contributed by atoms with Crippen LogP contribution in [0.3, 0.4) is 0 Å². The Morgan fingerprint density at radius 3 is 0.962 bits per heavy atom. The first-order valence-electron chi connectivity index (χ1n) is 17.1. The maximum atomic E-state index is 10.4. The second-order valence-corrected chi connectivity index (χ2v) is 12.7. The van der Waals surface area contributed by atoms with Gasteiger partial charge < -0.3 is 30.8 Å². The van der Waals surface area contributed by atoms with E-state index in [1.165, 1.54) is 0 Å². The smallest absolute Gasteiger partial charge is 0.320 e. The molecule has 1 atom stereocenters. The summed E-state index contributed by atoms with van der Waals surface area (Å²) in [6.07, 6.45) is 1.78. The van der Waals surface area contributed by atoms with Gasteiger partial charge in [-0.2, -0.15) is 0 Å². The van der Waals surface area contributed by atoms with Crippen LogP contribution >= 0.6 is 0 Å². The van der Waals surface area contributed by atoms with Gasteiger partial charge in [-0.15, -0.1) is 0 Å². The van der Waals surface area contributed by atoms with Crippen molar-refractivity contribution in [3.8, 4) is 45.3 Å². The second-order valence-electron chi connectivity index (χ2n) is 12.7. The van der Waals surface area contributed by atoms with Gasteiger partial charge in [0.05, 0.1) is 0 Å². The predicted octanol–water partition coefficient (Wildman–Crippen LogP) is 9.97. The molecule has 0 aliphatic carbocycles. The third-order valence-corrected chi connectivity index (χ3v) is 9.49. The SMILES string of the molecule is O=C(O)[C@@H]1CCCN1.Oc1ccc2ccccc2c1-c1c(O)ccc2ccccc12.Oc1ccc2ccccc2c1-c1c(O)ccc2ccccc12. The molecule has 0 spiro atoms. The molecule has 1 aliphatic rings. The van der Waals surface area contributed by atoms with Crippen molar-refractivity contribution in [2.45, 2.75) is 18.9 Å². The highest BCUT2D eigenvalue weighted by molar-refractivity contribution is 6.10. The van der Waals surface area contributed by atoms with E-state index in [1.807, 2.05) is 121 Å². The van der Waals surface area contributed by atoms with Gasteiger partial charge in [-0.05, 0) is 86.7 Å². The Hall–Kier alpha value is -6.57. The molecule has 0 radical (unpaired) electrons. The van der Waals surface area contributed by atoms with Crippen molar-refractivity contribution in [3.05, 3.63) is 146 Å². The quantitative estimate of drug-likeness (QED) is 0.109. The summed E-state index contributed by atoms with van der Waals surface area (Å²) in [5.41, 5.74) is 2.69. The van der Waals surface area contributed by atoms with Crippen molar-refractivity contribution in [2.75, 3.05) is 6.54 Å². The van der Waals surface area contributed by atoms with Crippen molar-refractivity contribution in [1.82, 2.24) is 5.32 Å². The Kier molecular flexibility index (Phi) is 9.60. The number of phenolic OH excluding ortho intramolecular Hbond substituents is 4. The van der Waals surface area contributed by atoms with Crippen LogP contribution in [0.5, 0.6) is 23.0 Å². The van der Waals surface area contributed by atoms with Crippen LogP contribution in [0.1, 0.15) is 12.8 Å². The number of aromatic hydroxyl groups is 4. The van der Waals surface area contributed by atoms with Gasteiger partial charge in [0.25, 0.3) is 0 Å². The van der Waals surface area contributed by atoms with E-state index in [0.717, 1.165) is 62.5 Å². The molecule has 9 rings (SSSR count). The fourth-order valence-electron chi connectivity index (χ4n) is 6.99. The number of carbonyl (C=O) groups is 1. The van der Waals surface area contributed by atoms with Gasteiger partial charge in [0.2, 0.25) is 0 Å². The van der Waals surface area contributed by atoms with Crippen LogP contribution in [-0.2, 0) is 4.79 Å². The lowest BCUT2D eigenvalue weighted by Gasteiger charge is -2.14. The number of nitrogens with one attached hydrogen (secondary N) is 1. The largest absolute Gasteiger partial charge is 0.507 e. The van der Waals surface area contributed by atoms with Crippen LogP contribution in [-0.4, -0.2) is 44.1 Å². The average Bonchev–Trinajstić information content (AvgIpc) is 3.73. The van der Waals surface area contributed by atoms with E-state index in [2.05, 4.69) is 5.32 Å². The van der Waals surface area contributed by atoms with E-state index in [1.54, 1.807) is 24.3 Å². The Bertz CT molecular complexity index is 2240. The molecule has 0 aromatic heterocycles. The lowest BCUT2D eigenvalue weighted by Crippen LogP contribution is -2.29. The lowest BCUT2D eigenvalue weighted by atomic mass is 9.92. The summed E-state index contributed by atoms with van der Waals surface area (Å²) < 4.78 is 0. The van der Waals surface area contributed by atoms with Crippen LogP contribution in [0.15, 0.2) is 146 Å². The topological polar surface area (TPSA) is 130 Å². The number of hydrogen-bond acceptors (Lipinski definition) is 6. The summed E-state index contributed by atoms with van der Waals surface area (Å²) >= 11 is 0. The molecule has 258 valence electrons. The summed E-state index contributed by atoms with van der Waals surface area (Å²) in [5, 5.41) is 60.8. The number of rotatable bonds is 3. The van der Waals surface area contributed by atoms with Crippen LogP contribution in [0.25, 0.3) is 65.3 Å². The van der Waals surface area contributed by atoms with Gasteiger partial charge in [0.1, 0.15) is 29.0 Å². The molecule has 1 aliphatic heterocycles. The third-order valence-electron chi connectivity index (χ3n) is 9.49. The van der Waals surface area contributed by atoms with Gasteiger partial charge in [-0.25, -0.2) is 0 Å². The summed E-state index contributed by atoms with van der Waals surface area (Å²) in [5.74, 6) is -0.0334. The molecule has 7 heteroatoms. The molecule has 7 nitrogen and oxygen atoms in total. The Morgan fingerprint density at radius 2 is 0.731 bits per heavy atom. The monoisotopic (exact) mass is 687 g/mol. The number of benzene rings is 8. The molecule has 8 aromatic rings. The van der Waals surface area contributed by atoms with Gasteiger partial charge in [-0.3, -0.25) is 4.79 Å². The number of aliphatic carboxylic acids is 1. The Balaban J connectivity index is 0.000000134. The third kappa shape index (κ3) is 6.65. The fraction of sp³-hybridized carbons (Fsp3) is 0.0889.